The molecule has 8 nitrogen and oxygen atoms in total. The van der Waals surface area contributed by atoms with Crippen LogP contribution in [-0.4, -0.2) is 75.2 Å². The molecular formula is C31H47N7OS. The fourth-order valence-corrected chi connectivity index (χ4v) is 7.45. The molecule has 1 N–H and O–H groups in total. The first kappa shape index (κ1) is 29.3. The second-order valence-corrected chi connectivity index (χ2v) is 13.3. The first-order valence-electron chi connectivity index (χ1n) is 15.5. The number of thioether (sulfide) groups is 1. The number of aromatic nitrogens is 3. The maximum atomic E-state index is 13.8. The highest BCUT2D eigenvalue weighted by Gasteiger charge is 2.39. The topological polar surface area (TPSA) is 77.5 Å². The Bertz CT molecular complexity index is 1100. The van der Waals surface area contributed by atoms with Crippen molar-refractivity contribution in [2.75, 3.05) is 49.5 Å². The molecule has 4 heterocycles. The number of nitrogens with zero attached hydrogens (tertiary/aromatic N) is 6. The van der Waals surface area contributed by atoms with Crippen LogP contribution in [0.5, 0.6) is 0 Å². The van der Waals surface area contributed by atoms with Crippen molar-refractivity contribution in [3.63, 3.8) is 0 Å². The summed E-state index contributed by atoms with van der Waals surface area (Å²) in [4.78, 5) is 36.0. The quantitative estimate of drug-likeness (QED) is 0.353. The van der Waals surface area contributed by atoms with Crippen molar-refractivity contribution < 1.29 is 4.79 Å². The van der Waals surface area contributed by atoms with Crippen molar-refractivity contribution in [2.24, 2.45) is 11.8 Å². The van der Waals surface area contributed by atoms with Crippen LogP contribution in [0, 0.1) is 11.8 Å². The molecule has 0 spiro atoms. The average Bonchev–Trinajstić information content (AvgIpc) is 3.24. The van der Waals surface area contributed by atoms with E-state index in [2.05, 4.69) is 51.9 Å². The van der Waals surface area contributed by atoms with E-state index in [4.69, 9.17) is 4.98 Å². The number of pyridine rings is 1. The van der Waals surface area contributed by atoms with Crippen molar-refractivity contribution in [3.8, 4) is 0 Å². The molecule has 1 saturated heterocycles. The Morgan fingerprint density at radius 2 is 1.73 bits per heavy atom. The lowest BCUT2D eigenvalue weighted by molar-refractivity contribution is -0.119. The van der Waals surface area contributed by atoms with E-state index in [1.165, 1.54) is 44.2 Å². The van der Waals surface area contributed by atoms with Crippen molar-refractivity contribution in [2.45, 2.75) is 88.8 Å². The van der Waals surface area contributed by atoms with E-state index >= 15 is 0 Å². The van der Waals surface area contributed by atoms with Gasteiger partial charge in [0.2, 0.25) is 11.9 Å². The molecule has 0 radical (unpaired) electrons. The predicted molar refractivity (Wildman–Crippen MR) is 164 cm³/mol. The van der Waals surface area contributed by atoms with Crippen LogP contribution in [0.3, 0.4) is 0 Å². The Hall–Kier alpha value is -2.23. The number of amides is 1. The lowest BCUT2D eigenvalue weighted by Crippen LogP contribution is -2.45. The lowest BCUT2D eigenvalue weighted by atomic mass is 9.95. The van der Waals surface area contributed by atoms with E-state index in [9.17, 15) is 4.79 Å². The van der Waals surface area contributed by atoms with Crippen molar-refractivity contribution in [1.29, 1.82) is 0 Å². The van der Waals surface area contributed by atoms with Gasteiger partial charge in [-0.2, -0.15) is 4.98 Å². The summed E-state index contributed by atoms with van der Waals surface area (Å²) in [5.41, 5.74) is 1.22. The summed E-state index contributed by atoms with van der Waals surface area (Å²) < 4.78 is 0. The average molecular weight is 566 g/mol. The molecular weight excluding hydrogens is 518 g/mol. The van der Waals surface area contributed by atoms with E-state index < -0.39 is 0 Å². The summed E-state index contributed by atoms with van der Waals surface area (Å²) in [5, 5.41) is 3.26. The van der Waals surface area contributed by atoms with Crippen molar-refractivity contribution >= 4 is 35.3 Å². The highest BCUT2D eigenvalue weighted by molar-refractivity contribution is 8.01. The third-order valence-electron chi connectivity index (χ3n) is 8.49. The first-order chi connectivity index (χ1) is 19.5. The fraction of sp³-hybridized carbons (Fsp3) is 0.677. The second-order valence-electron chi connectivity index (χ2n) is 12.1. The molecule has 3 aliphatic rings. The minimum atomic E-state index is -0.0241. The molecule has 5 rings (SSSR count). The summed E-state index contributed by atoms with van der Waals surface area (Å²) in [7, 11) is 0. The zero-order valence-corrected chi connectivity index (χ0v) is 25.5. The number of hydrogen-bond donors (Lipinski definition) is 1. The largest absolute Gasteiger partial charge is 0.309 e. The molecule has 9 heteroatoms. The van der Waals surface area contributed by atoms with Gasteiger partial charge in [-0.3, -0.25) is 14.6 Å². The Balaban J connectivity index is 1.26. The molecule has 0 bridgehead atoms. The predicted octanol–water partition coefficient (Wildman–Crippen LogP) is 5.97. The monoisotopic (exact) mass is 565 g/mol. The number of fused-ring (bicyclic) bond motifs is 1. The summed E-state index contributed by atoms with van der Waals surface area (Å²) >= 11 is 1.69. The zero-order valence-electron chi connectivity index (χ0n) is 24.6. The Morgan fingerprint density at radius 1 is 0.975 bits per heavy atom. The van der Waals surface area contributed by atoms with Gasteiger partial charge in [-0.1, -0.05) is 52.5 Å². The number of piperazine rings is 1. The Morgan fingerprint density at radius 3 is 2.40 bits per heavy atom. The van der Waals surface area contributed by atoms with Gasteiger partial charge in [-0.25, -0.2) is 9.97 Å². The van der Waals surface area contributed by atoms with Crippen LogP contribution in [0.15, 0.2) is 29.4 Å². The highest BCUT2D eigenvalue weighted by Crippen LogP contribution is 2.44. The van der Waals surface area contributed by atoms with Gasteiger partial charge in [-0.05, 0) is 55.7 Å². The smallest absolute Gasteiger partial charge is 0.241 e. The molecule has 40 heavy (non-hydrogen) atoms. The van der Waals surface area contributed by atoms with Crippen LogP contribution in [0.25, 0.3) is 0 Å². The van der Waals surface area contributed by atoms with Gasteiger partial charge in [0.25, 0.3) is 0 Å². The molecule has 1 aliphatic carbocycles. The fourth-order valence-electron chi connectivity index (χ4n) is 6.11. The van der Waals surface area contributed by atoms with Crippen LogP contribution < -0.4 is 10.2 Å². The van der Waals surface area contributed by atoms with Crippen molar-refractivity contribution in [3.05, 3.63) is 30.1 Å². The number of carbonyl (C=O) groups is 1. The molecule has 2 fully saturated rings. The van der Waals surface area contributed by atoms with Gasteiger partial charge in [0.1, 0.15) is 5.82 Å². The third-order valence-corrected chi connectivity index (χ3v) is 9.87. The van der Waals surface area contributed by atoms with Crippen LogP contribution in [0.4, 0.5) is 17.6 Å². The molecule has 1 unspecified atom stereocenters. The van der Waals surface area contributed by atoms with E-state index in [1.54, 1.807) is 11.8 Å². The summed E-state index contributed by atoms with van der Waals surface area (Å²) in [6.45, 7) is 14.0. The summed E-state index contributed by atoms with van der Waals surface area (Å²) in [6, 6.07) is 4.14. The zero-order chi connectivity index (χ0) is 27.9. The Labute approximate surface area is 244 Å². The highest BCUT2D eigenvalue weighted by atomic mass is 32.2. The molecule has 218 valence electrons. The summed E-state index contributed by atoms with van der Waals surface area (Å²) in [5.74, 6) is 3.14. The van der Waals surface area contributed by atoms with Gasteiger partial charge in [-0.15, -0.1) is 11.8 Å². The van der Waals surface area contributed by atoms with E-state index in [1.807, 2.05) is 23.4 Å². The molecule has 2 aromatic rings. The Kier molecular flexibility index (Phi) is 10.3. The standard InChI is InChI=1S/C31H47N7OS/c1-4-14-36-16-18-37(19-17-36)22-24-11-12-27(32-20-24)34-31-33-21-26-29(35-31)38(15-13-23(2)3)30(39)28(40-26)25-9-7-5-6-8-10-25/h11-12,20-21,23,25,28H,4-10,13-19,22H2,1-3H3,(H,32,33,34,35). The minimum absolute atomic E-state index is 0.0241. The van der Waals surface area contributed by atoms with E-state index in [0.717, 1.165) is 68.5 Å². The van der Waals surface area contributed by atoms with Crippen molar-refractivity contribution in [1.82, 2.24) is 24.8 Å². The first-order valence-corrected chi connectivity index (χ1v) is 16.4. The van der Waals surface area contributed by atoms with Crippen LogP contribution in [-0.2, 0) is 11.3 Å². The summed E-state index contributed by atoms with van der Waals surface area (Å²) in [6.07, 6.45) is 13.4. The molecule has 0 aromatic carbocycles. The maximum absolute atomic E-state index is 13.8. The van der Waals surface area contributed by atoms with Crippen LogP contribution in [0.2, 0.25) is 0 Å². The molecule has 2 aliphatic heterocycles. The normalized spacial score (nSPS) is 21.4. The number of nitrogens with one attached hydrogen (secondary N) is 1. The van der Waals surface area contributed by atoms with Crippen LogP contribution >= 0.6 is 11.8 Å². The number of hydrogen-bond acceptors (Lipinski definition) is 8. The number of anilines is 3. The second kappa shape index (κ2) is 14.1. The van der Waals surface area contributed by atoms with Gasteiger partial charge < -0.3 is 10.2 Å². The van der Waals surface area contributed by atoms with Gasteiger partial charge in [0.05, 0.1) is 10.1 Å². The number of rotatable bonds is 10. The van der Waals surface area contributed by atoms with Gasteiger partial charge in [0, 0.05) is 51.7 Å². The van der Waals surface area contributed by atoms with Crippen LogP contribution in [0.1, 0.15) is 77.7 Å². The SMILES string of the molecule is CCCN1CCN(Cc2ccc(Nc3ncc4c(n3)N(CCC(C)C)C(=O)C(C3CCCCCC3)S4)nc2)CC1. The number of carbonyl (C=O) groups excluding carboxylic acids is 1. The van der Waals surface area contributed by atoms with E-state index in [0.29, 0.717) is 24.3 Å². The molecule has 1 atom stereocenters. The lowest BCUT2D eigenvalue weighted by Gasteiger charge is -2.36. The minimum Gasteiger partial charge on any atom is -0.309 e. The van der Waals surface area contributed by atoms with E-state index in [-0.39, 0.29) is 11.2 Å². The molecule has 2 aromatic heterocycles. The van der Waals surface area contributed by atoms with Gasteiger partial charge >= 0.3 is 0 Å². The van der Waals surface area contributed by atoms with Gasteiger partial charge in [0.15, 0.2) is 5.82 Å². The third kappa shape index (κ3) is 7.53. The molecule has 1 saturated carbocycles. The maximum Gasteiger partial charge on any atom is 0.241 e. The molecule has 1 amide bonds.